The van der Waals surface area contributed by atoms with Crippen molar-refractivity contribution in [2.75, 3.05) is 26.1 Å². The molecule has 0 unspecified atom stereocenters. The van der Waals surface area contributed by atoms with Gasteiger partial charge in [0, 0.05) is 25.8 Å². The second-order valence-electron chi connectivity index (χ2n) is 4.83. The standard InChI is InChI=1S/C15H13BrN2O2S/c1-18(2)8-4-5-9-12(6-8)21-15-10(17-9)7-11(20-3)14(19)13(15)16/h4-7H,1-3H3. The van der Waals surface area contributed by atoms with Gasteiger partial charge in [0.2, 0.25) is 5.43 Å². The minimum absolute atomic E-state index is 0.147. The first-order chi connectivity index (χ1) is 10.0. The molecule has 1 aromatic rings. The van der Waals surface area contributed by atoms with Gasteiger partial charge in [0.05, 0.1) is 32.4 Å². The van der Waals surface area contributed by atoms with Gasteiger partial charge in [0.25, 0.3) is 0 Å². The van der Waals surface area contributed by atoms with Crippen molar-refractivity contribution in [1.29, 1.82) is 0 Å². The molecule has 6 heteroatoms. The molecule has 0 radical (unpaired) electrons. The van der Waals surface area contributed by atoms with E-state index in [-0.39, 0.29) is 5.43 Å². The van der Waals surface area contributed by atoms with Crippen molar-refractivity contribution in [3.8, 4) is 16.3 Å². The number of rotatable bonds is 2. The second-order valence-corrected chi connectivity index (χ2v) is 6.68. The topological polar surface area (TPSA) is 42.4 Å². The van der Waals surface area contributed by atoms with Gasteiger partial charge >= 0.3 is 0 Å². The summed E-state index contributed by atoms with van der Waals surface area (Å²) >= 11 is 4.92. The summed E-state index contributed by atoms with van der Waals surface area (Å²) in [5.74, 6) is 0.304. The predicted octanol–water partition coefficient (Wildman–Crippen LogP) is 3.60. The van der Waals surface area contributed by atoms with E-state index < -0.39 is 0 Å². The Kier molecular flexibility index (Phi) is 3.59. The number of halogens is 1. The SMILES string of the molecule is COc1cc2nc3ccc(N(C)C)cc3sc-2c(Br)c1=O. The fourth-order valence-corrected chi connectivity index (χ4v) is 3.76. The van der Waals surface area contributed by atoms with Crippen LogP contribution in [0.25, 0.3) is 20.8 Å². The molecular weight excluding hydrogens is 352 g/mol. The van der Waals surface area contributed by atoms with Gasteiger partial charge in [-0.25, -0.2) is 4.98 Å². The highest BCUT2D eigenvalue weighted by Gasteiger charge is 2.17. The molecule has 21 heavy (non-hydrogen) atoms. The Hall–Kier alpha value is -1.66. The van der Waals surface area contributed by atoms with Crippen LogP contribution in [0.3, 0.4) is 0 Å². The van der Waals surface area contributed by atoms with Crippen LogP contribution in [0, 0.1) is 0 Å². The van der Waals surface area contributed by atoms with Crippen molar-refractivity contribution >= 4 is 43.2 Å². The molecule has 1 heterocycles. The van der Waals surface area contributed by atoms with Gasteiger partial charge in [-0.05, 0) is 34.1 Å². The maximum absolute atomic E-state index is 12.1. The average Bonchev–Trinajstić information content (AvgIpc) is 2.48. The number of hydrogen-bond acceptors (Lipinski definition) is 5. The van der Waals surface area contributed by atoms with E-state index in [1.54, 1.807) is 17.4 Å². The zero-order chi connectivity index (χ0) is 15.1. The largest absolute Gasteiger partial charge is 0.493 e. The first kappa shape index (κ1) is 14.3. The monoisotopic (exact) mass is 364 g/mol. The van der Waals surface area contributed by atoms with E-state index in [9.17, 15) is 4.79 Å². The molecule has 1 aliphatic heterocycles. The highest BCUT2D eigenvalue weighted by molar-refractivity contribution is 9.10. The van der Waals surface area contributed by atoms with E-state index in [0.29, 0.717) is 10.2 Å². The number of nitrogens with zero attached hydrogens (tertiary/aromatic N) is 2. The smallest absolute Gasteiger partial charge is 0.236 e. The van der Waals surface area contributed by atoms with Crippen LogP contribution in [0.4, 0.5) is 5.69 Å². The summed E-state index contributed by atoms with van der Waals surface area (Å²) in [7, 11) is 5.48. The molecule has 0 aromatic heterocycles. The summed E-state index contributed by atoms with van der Waals surface area (Å²) in [5.41, 5.74) is 2.62. The molecule has 2 aliphatic rings. The van der Waals surface area contributed by atoms with Crippen LogP contribution in [0.5, 0.6) is 5.75 Å². The molecule has 0 atom stereocenters. The predicted molar refractivity (Wildman–Crippen MR) is 91.1 cm³/mol. The molecule has 0 fully saturated rings. The van der Waals surface area contributed by atoms with E-state index in [1.807, 2.05) is 31.1 Å². The third-order valence-electron chi connectivity index (χ3n) is 3.26. The molecule has 0 N–H and O–H groups in total. The summed E-state index contributed by atoms with van der Waals surface area (Å²) in [4.78, 5) is 19.6. The van der Waals surface area contributed by atoms with Crippen LogP contribution in [-0.2, 0) is 0 Å². The van der Waals surface area contributed by atoms with Gasteiger partial charge < -0.3 is 9.64 Å². The Morgan fingerprint density at radius 2 is 2.05 bits per heavy atom. The fourth-order valence-electron chi connectivity index (χ4n) is 2.11. The number of benzene rings is 2. The Bertz CT molecular complexity index is 860. The summed E-state index contributed by atoms with van der Waals surface area (Å²) < 4.78 is 6.66. The molecule has 0 bridgehead atoms. The highest BCUT2D eigenvalue weighted by Crippen LogP contribution is 2.37. The second kappa shape index (κ2) is 5.27. The van der Waals surface area contributed by atoms with E-state index in [4.69, 9.17) is 4.74 Å². The lowest BCUT2D eigenvalue weighted by Gasteiger charge is -2.14. The number of anilines is 1. The van der Waals surface area contributed by atoms with Crippen molar-refractivity contribution in [1.82, 2.24) is 4.98 Å². The molecular formula is C15H13BrN2O2S. The van der Waals surface area contributed by atoms with Crippen LogP contribution >= 0.6 is 27.3 Å². The van der Waals surface area contributed by atoms with Gasteiger partial charge in [-0.3, -0.25) is 4.79 Å². The van der Waals surface area contributed by atoms with E-state index in [2.05, 4.69) is 27.0 Å². The maximum atomic E-state index is 12.1. The quantitative estimate of drug-likeness (QED) is 0.651. The summed E-state index contributed by atoms with van der Waals surface area (Å²) in [6, 6.07) is 7.79. The molecule has 3 rings (SSSR count). The number of ether oxygens (including phenoxy) is 1. The number of aromatic nitrogens is 1. The molecule has 1 aliphatic carbocycles. The molecule has 0 spiro atoms. The fraction of sp³-hybridized carbons (Fsp3) is 0.200. The number of hydrogen-bond donors (Lipinski definition) is 0. The van der Waals surface area contributed by atoms with Crippen LogP contribution in [0.1, 0.15) is 0 Å². The van der Waals surface area contributed by atoms with E-state index in [1.165, 1.54) is 7.11 Å². The molecule has 1 aromatic carbocycles. The van der Waals surface area contributed by atoms with Gasteiger partial charge in [0.15, 0.2) is 5.75 Å². The van der Waals surface area contributed by atoms with Crippen molar-refractivity contribution in [3.63, 3.8) is 0 Å². The minimum Gasteiger partial charge on any atom is -0.493 e. The van der Waals surface area contributed by atoms with Crippen molar-refractivity contribution in [2.24, 2.45) is 0 Å². The zero-order valence-electron chi connectivity index (χ0n) is 11.8. The first-order valence-corrected chi connectivity index (χ1v) is 7.90. The summed E-state index contributed by atoms with van der Waals surface area (Å²) in [6.07, 6.45) is 0. The average molecular weight is 365 g/mol. The van der Waals surface area contributed by atoms with Gasteiger partial charge in [-0.1, -0.05) is 0 Å². The molecule has 0 amide bonds. The summed E-state index contributed by atoms with van der Waals surface area (Å²) in [6.45, 7) is 0. The van der Waals surface area contributed by atoms with Crippen LogP contribution < -0.4 is 15.1 Å². The molecule has 0 saturated carbocycles. The lowest BCUT2D eigenvalue weighted by Crippen LogP contribution is -2.09. The maximum Gasteiger partial charge on any atom is 0.236 e. The van der Waals surface area contributed by atoms with Crippen LogP contribution in [0.15, 0.2) is 33.5 Å². The zero-order valence-corrected chi connectivity index (χ0v) is 14.2. The van der Waals surface area contributed by atoms with Crippen LogP contribution in [-0.4, -0.2) is 26.2 Å². The lowest BCUT2D eigenvalue weighted by molar-refractivity contribution is 0.410. The van der Waals surface area contributed by atoms with Gasteiger partial charge in [0.1, 0.15) is 0 Å². The van der Waals surface area contributed by atoms with Crippen LogP contribution in [0.2, 0.25) is 0 Å². The first-order valence-electron chi connectivity index (χ1n) is 6.29. The van der Waals surface area contributed by atoms with Crippen molar-refractivity contribution in [3.05, 3.63) is 39.0 Å². The van der Waals surface area contributed by atoms with E-state index >= 15 is 0 Å². The Balaban J connectivity index is 2.36. The normalized spacial score (nSPS) is 11.0. The van der Waals surface area contributed by atoms with Gasteiger partial charge in [-0.15, -0.1) is 11.3 Å². The third kappa shape index (κ3) is 2.38. The lowest BCUT2D eigenvalue weighted by atomic mass is 10.2. The molecule has 0 saturated heterocycles. The van der Waals surface area contributed by atoms with Gasteiger partial charge in [-0.2, -0.15) is 0 Å². The number of methoxy groups -OCH3 is 1. The highest BCUT2D eigenvalue weighted by atomic mass is 79.9. The molecule has 108 valence electrons. The number of fused-ring (bicyclic) bond motifs is 2. The van der Waals surface area contributed by atoms with Crippen molar-refractivity contribution in [2.45, 2.75) is 0 Å². The Labute approximate surface area is 134 Å². The summed E-state index contributed by atoms with van der Waals surface area (Å²) in [5, 5.41) is 0. The Morgan fingerprint density at radius 3 is 2.71 bits per heavy atom. The third-order valence-corrected chi connectivity index (χ3v) is 5.44. The van der Waals surface area contributed by atoms with Crippen molar-refractivity contribution < 1.29 is 4.74 Å². The molecule has 4 nitrogen and oxygen atoms in total. The minimum atomic E-state index is -0.147. The van der Waals surface area contributed by atoms with E-state index in [0.717, 1.165) is 26.5 Å². The Morgan fingerprint density at radius 1 is 1.29 bits per heavy atom.